The summed E-state index contributed by atoms with van der Waals surface area (Å²) in [7, 11) is 0. The number of rotatable bonds is 3. The van der Waals surface area contributed by atoms with Gasteiger partial charge < -0.3 is 20.3 Å². The summed E-state index contributed by atoms with van der Waals surface area (Å²) in [5.74, 6) is -0.473. The van der Waals surface area contributed by atoms with Crippen LogP contribution in [0.25, 0.3) is 0 Å². The predicted molar refractivity (Wildman–Crippen MR) is 106 cm³/mol. The van der Waals surface area contributed by atoms with Crippen molar-refractivity contribution in [3.05, 3.63) is 34.7 Å². The molecule has 0 atom stereocenters. The molecule has 11 heteroatoms. The van der Waals surface area contributed by atoms with Crippen LogP contribution in [0.3, 0.4) is 0 Å². The van der Waals surface area contributed by atoms with Crippen molar-refractivity contribution in [1.29, 1.82) is 0 Å². The van der Waals surface area contributed by atoms with Gasteiger partial charge in [0, 0.05) is 37.8 Å². The third-order valence-electron chi connectivity index (χ3n) is 4.76. The topological polar surface area (TPSA) is 83.6 Å². The highest BCUT2D eigenvalue weighted by atomic mass is 35.5. The van der Waals surface area contributed by atoms with Gasteiger partial charge in [-0.15, -0.1) is 12.4 Å². The molecule has 30 heavy (non-hydrogen) atoms. The van der Waals surface area contributed by atoms with Gasteiger partial charge in [0.1, 0.15) is 12.3 Å². The molecule has 3 heterocycles. The van der Waals surface area contributed by atoms with Crippen LogP contribution in [0.5, 0.6) is 0 Å². The summed E-state index contributed by atoms with van der Waals surface area (Å²) in [6, 6.07) is 0.803. The molecule has 1 aromatic heterocycles. The van der Waals surface area contributed by atoms with Crippen molar-refractivity contribution in [2.75, 3.05) is 31.5 Å². The predicted octanol–water partition coefficient (Wildman–Crippen LogP) is 3.36. The molecule has 0 bridgehead atoms. The molecule has 0 saturated carbocycles. The first-order valence-electron chi connectivity index (χ1n) is 9.15. The van der Waals surface area contributed by atoms with Crippen molar-refractivity contribution < 1.29 is 27.5 Å². The zero-order valence-electron chi connectivity index (χ0n) is 16.9. The smallest absolute Gasteiger partial charge is 0.417 e. The highest BCUT2D eigenvalue weighted by Crippen LogP contribution is 2.32. The lowest BCUT2D eigenvalue weighted by Gasteiger charge is -2.21. The summed E-state index contributed by atoms with van der Waals surface area (Å²) in [6.07, 6.45) is -4.53. The Morgan fingerprint density at radius 3 is 2.33 bits per heavy atom. The van der Waals surface area contributed by atoms with E-state index in [0.29, 0.717) is 19.3 Å². The molecule has 0 spiro atoms. The molecular weight excluding hydrogens is 425 g/mol. The number of nitrogens with one attached hydrogen (secondary N) is 2. The normalized spacial score (nSPS) is 16.3. The average molecular weight is 449 g/mol. The zero-order valence-corrected chi connectivity index (χ0v) is 17.7. The molecule has 0 aliphatic carbocycles. The van der Waals surface area contributed by atoms with E-state index in [1.165, 1.54) is 4.90 Å². The summed E-state index contributed by atoms with van der Waals surface area (Å²) >= 11 is 0. The van der Waals surface area contributed by atoms with E-state index in [-0.39, 0.29) is 30.4 Å². The van der Waals surface area contributed by atoms with Crippen LogP contribution in [-0.4, -0.2) is 48.1 Å². The van der Waals surface area contributed by atoms with Gasteiger partial charge in [0.05, 0.1) is 11.3 Å². The van der Waals surface area contributed by atoms with Gasteiger partial charge in [-0.3, -0.25) is 9.78 Å². The van der Waals surface area contributed by atoms with Gasteiger partial charge in [-0.25, -0.2) is 4.79 Å². The monoisotopic (exact) mass is 448 g/mol. The lowest BCUT2D eigenvalue weighted by Crippen LogP contribution is -2.33. The molecule has 0 aromatic carbocycles. The molecular formula is C19H24ClF3N4O3. The molecule has 0 fully saturated rings. The van der Waals surface area contributed by atoms with Crippen molar-refractivity contribution in [3.63, 3.8) is 0 Å². The summed E-state index contributed by atoms with van der Waals surface area (Å²) in [5.41, 5.74) is 0.423. The Kier molecular flexibility index (Phi) is 7.03. The maximum absolute atomic E-state index is 13.0. The van der Waals surface area contributed by atoms with Crippen LogP contribution < -0.4 is 10.6 Å². The van der Waals surface area contributed by atoms with Crippen LogP contribution in [0.4, 0.5) is 23.7 Å². The molecule has 2 aliphatic heterocycles. The Hall–Kier alpha value is -2.33. The molecule has 2 aliphatic rings. The number of aromatic nitrogens is 1. The van der Waals surface area contributed by atoms with Crippen molar-refractivity contribution in [3.8, 4) is 0 Å². The second kappa shape index (κ2) is 8.81. The highest BCUT2D eigenvalue weighted by Gasteiger charge is 2.33. The molecule has 166 valence electrons. The maximum Gasteiger partial charge on any atom is 0.417 e. The maximum atomic E-state index is 13.0. The zero-order chi connectivity index (χ0) is 21.4. The molecule has 7 nitrogen and oxygen atoms in total. The van der Waals surface area contributed by atoms with E-state index < -0.39 is 29.2 Å². The van der Waals surface area contributed by atoms with Crippen LogP contribution in [0, 0.1) is 5.41 Å². The molecule has 0 radical (unpaired) electrons. The summed E-state index contributed by atoms with van der Waals surface area (Å²) < 4.78 is 44.4. The largest absolute Gasteiger partial charge is 0.443 e. The van der Waals surface area contributed by atoms with Gasteiger partial charge in [0.15, 0.2) is 0 Å². The number of hydrogen-bond acceptors (Lipinski definition) is 5. The lowest BCUT2D eigenvalue weighted by atomic mass is 9.95. The Morgan fingerprint density at radius 2 is 1.80 bits per heavy atom. The molecule has 1 aromatic rings. The number of nitrogens with zero attached hydrogens (tertiary/aromatic N) is 2. The van der Waals surface area contributed by atoms with Crippen LogP contribution in [0.2, 0.25) is 0 Å². The first-order chi connectivity index (χ1) is 13.4. The van der Waals surface area contributed by atoms with Gasteiger partial charge in [-0.2, -0.15) is 13.2 Å². The van der Waals surface area contributed by atoms with Crippen LogP contribution >= 0.6 is 12.4 Å². The lowest BCUT2D eigenvalue weighted by molar-refractivity contribution is -0.137. The number of carbonyl (C=O) groups excluding carboxylic acids is 2. The number of ether oxygens (including phenoxy) is 1. The van der Waals surface area contributed by atoms with Gasteiger partial charge in [0.25, 0.3) is 0 Å². The number of amides is 2. The van der Waals surface area contributed by atoms with E-state index in [1.807, 2.05) is 0 Å². The highest BCUT2D eigenvalue weighted by molar-refractivity contribution is 5.95. The fraction of sp³-hybridized carbons (Fsp3) is 0.526. The van der Waals surface area contributed by atoms with Gasteiger partial charge in [-0.05, 0) is 17.2 Å². The SMILES string of the molecule is CC(C)(C)C(=O)Nc1cc(C(F)(F)F)cnc1COC(=O)N1CC2=C(CNC2)C1.Cl. The fourth-order valence-corrected chi connectivity index (χ4v) is 3.00. The van der Waals surface area contributed by atoms with Crippen LogP contribution in [0.15, 0.2) is 23.4 Å². The molecule has 0 unspecified atom stereocenters. The third kappa shape index (κ3) is 5.42. The van der Waals surface area contributed by atoms with E-state index in [1.54, 1.807) is 20.8 Å². The quantitative estimate of drug-likeness (QED) is 0.693. The molecule has 0 saturated heterocycles. The van der Waals surface area contributed by atoms with Gasteiger partial charge in [-0.1, -0.05) is 20.8 Å². The molecule has 2 N–H and O–H groups in total. The van der Waals surface area contributed by atoms with E-state index in [9.17, 15) is 22.8 Å². The van der Waals surface area contributed by atoms with E-state index in [2.05, 4.69) is 15.6 Å². The second-order valence-electron chi connectivity index (χ2n) is 8.14. The van der Waals surface area contributed by atoms with Crippen molar-refractivity contribution in [2.24, 2.45) is 5.41 Å². The van der Waals surface area contributed by atoms with E-state index in [0.717, 1.165) is 30.3 Å². The van der Waals surface area contributed by atoms with Crippen molar-refractivity contribution in [2.45, 2.75) is 33.6 Å². The van der Waals surface area contributed by atoms with Gasteiger partial charge in [0.2, 0.25) is 5.91 Å². The molecule has 3 rings (SSSR count). The Labute approximate surface area is 178 Å². The minimum atomic E-state index is -4.61. The van der Waals surface area contributed by atoms with Crippen molar-refractivity contribution >= 4 is 30.1 Å². The summed E-state index contributed by atoms with van der Waals surface area (Å²) in [4.78, 5) is 29.9. The first-order valence-corrected chi connectivity index (χ1v) is 9.15. The summed E-state index contributed by atoms with van der Waals surface area (Å²) in [5, 5.41) is 5.67. The van der Waals surface area contributed by atoms with Gasteiger partial charge >= 0.3 is 12.3 Å². The van der Waals surface area contributed by atoms with E-state index in [4.69, 9.17) is 4.74 Å². The standard InChI is InChI=1S/C19H23F3N4O3.ClH/c1-18(2,3)16(27)25-14-4-13(19(20,21)22)7-24-15(14)10-29-17(28)26-8-11-5-23-6-12(11)9-26;/h4,7,23H,5-6,8-10H2,1-3H3,(H,25,27);1H. The first kappa shape index (κ1) is 23.9. The van der Waals surface area contributed by atoms with E-state index >= 15 is 0 Å². The minimum absolute atomic E-state index is 0. The summed E-state index contributed by atoms with van der Waals surface area (Å²) in [6.45, 7) is 6.97. The Morgan fingerprint density at radius 1 is 1.20 bits per heavy atom. The van der Waals surface area contributed by atoms with Crippen molar-refractivity contribution in [1.82, 2.24) is 15.2 Å². The number of anilines is 1. The number of halogens is 4. The van der Waals surface area contributed by atoms with Crippen LogP contribution in [0.1, 0.15) is 32.0 Å². The number of hydrogen-bond donors (Lipinski definition) is 2. The number of alkyl halides is 3. The average Bonchev–Trinajstić information content (AvgIpc) is 3.20. The van der Waals surface area contributed by atoms with Crippen LogP contribution in [-0.2, 0) is 22.3 Å². The Bertz CT molecular complexity index is 850. The number of pyridine rings is 1. The fourth-order valence-electron chi connectivity index (χ4n) is 3.00. The molecule has 2 amide bonds. The minimum Gasteiger partial charge on any atom is -0.443 e. The number of carbonyl (C=O) groups is 2. The Balaban J connectivity index is 0.00000320. The third-order valence-corrected chi connectivity index (χ3v) is 4.76. The second-order valence-corrected chi connectivity index (χ2v) is 8.14.